The smallest absolute Gasteiger partial charge is 0.313 e. The van der Waals surface area contributed by atoms with Gasteiger partial charge in [-0.1, -0.05) is 0 Å². The summed E-state index contributed by atoms with van der Waals surface area (Å²) >= 11 is 0. The van der Waals surface area contributed by atoms with E-state index < -0.39 is 11.8 Å². The maximum Gasteiger partial charge on any atom is 0.313 e. The van der Waals surface area contributed by atoms with Gasteiger partial charge in [0.05, 0.1) is 0 Å². The molecule has 0 saturated carbocycles. The molecule has 0 unspecified atom stereocenters. The van der Waals surface area contributed by atoms with Crippen molar-refractivity contribution in [1.82, 2.24) is 15.2 Å². The highest BCUT2D eigenvalue weighted by Crippen LogP contribution is 2.34. The van der Waals surface area contributed by atoms with E-state index in [0.717, 1.165) is 32.5 Å². The van der Waals surface area contributed by atoms with Crippen LogP contribution < -0.4 is 20.1 Å². The van der Waals surface area contributed by atoms with Crippen LogP contribution in [0.25, 0.3) is 0 Å². The van der Waals surface area contributed by atoms with Crippen molar-refractivity contribution in [1.29, 1.82) is 0 Å². The second-order valence-electron chi connectivity index (χ2n) is 7.31. The molecule has 4 rings (SSSR count). The first kappa shape index (κ1) is 19.2. The van der Waals surface area contributed by atoms with Crippen LogP contribution in [0.15, 0.2) is 42.7 Å². The molecule has 0 bridgehead atoms. The number of nitrogens with zero attached hydrogens (tertiary/aromatic N) is 2. The van der Waals surface area contributed by atoms with Gasteiger partial charge in [0.1, 0.15) is 0 Å². The first-order valence-electron chi connectivity index (χ1n) is 9.77. The zero-order chi connectivity index (χ0) is 20.1. The van der Waals surface area contributed by atoms with E-state index in [1.165, 1.54) is 5.56 Å². The zero-order valence-electron chi connectivity index (χ0n) is 16.1. The predicted octanol–water partition coefficient (Wildman–Crippen LogP) is 1.78. The van der Waals surface area contributed by atoms with E-state index in [-0.39, 0.29) is 6.79 Å². The highest BCUT2D eigenvalue weighted by molar-refractivity contribution is 6.39. The van der Waals surface area contributed by atoms with Crippen LogP contribution in [-0.2, 0) is 16.1 Å². The standard InChI is InChI=1S/C21H24N4O4/c26-20(21(27)24-17-1-2-18-19(11-17)29-14-28-18)23-12-15-5-9-25(10-6-15)13-16-3-7-22-8-4-16/h1-4,7-8,11,15H,5-6,9-10,12-14H2,(H,23,26)(H,24,27). The van der Waals surface area contributed by atoms with E-state index in [9.17, 15) is 9.59 Å². The summed E-state index contributed by atoms with van der Waals surface area (Å²) in [5.74, 6) is 0.260. The zero-order valence-corrected chi connectivity index (χ0v) is 16.1. The molecule has 1 aromatic heterocycles. The average molecular weight is 396 g/mol. The number of likely N-dealkylation sites (tertiary alicyclic amines) is 1. The summed E-state index contributed by atoms with van der Waals surface area (Å²) in [5, 5.41) is 5.35. The van der Waals surface area contributed by atoms with Crippen LogP contribution in [-0.4, -0.2) is 48.1 Å². The van der Waals surface area contributed by atoms with Crippen molar-refractivity contribution in [3.05, 3.63) is 48.3 Å². The molecule has 1 saturated heterocycles. The van der Waals surface area contributed by atoms with Gasteiger partial charge in [0.2, 0.25) is 6.79 Å². The number of aromatic nitrogens is 1. The van der Waals surface area contributed by atoms with Crippen LogP contribution in [0.2, 0.25) is 0 Å². The van der Waals surface area contributed by atoms with Gasteiger partial charge in [-0.3, -0.25) is 19.5 Å². The third-order valence-electron chi connectivity index (χ3n) is 5.25. The van der Waals surface area contributed by atoms with Gasteiger partial charge >= 0.3 is 11.8 Å². The number of piperidine rings is 1. The molecule has 2 aliphatic rings. The van der Waals surface area contributed by atoms with Crippen LogP contribution in [0.5, 0.6) is 11.5 Å². The van der Waals surface area contributed by atoms with Crippen molar-refractivity contribution < 1.29 is 19.1 Å². The predicted molar refractivity (Wildman–Crippen MR) is 106 cm³/mol. The van der Waals surface area contributed by atoms with Crippen molar-refractivity contribution >= 4 is 17.5 Å². The van der Waals surface area contributed by atoms with Crippen LogP contribution in [0.3, 0.4) is 0 Å². The summed E-state index contributed by atoms with van der Waals surface area (Å²) in [6, 6.07) is 9.09. The number of fused-ring (bicyclic) bond motifs is 1. The fourth-order valence-corrected chi connectivity index (χ4v) is 3.57. The lowest BCUT2D eigenvalue weighted by Crippen LogP contribution is -2.41. The molecular formula is C21H24N4O4. The fourth-order valence-electron chi connectivity index (χ4n) is 3.57. The van der Waals surface area contributed by atoms with E-state index >= 15 is 0 Å². The summed E-state index contributed by atoms with van der Waals surface area (Å²) in [4.78, 5) is 30.7. The normalized spacial score (nSPS) is 16.4. The highest BCUT2D eigenvalue weighted by atomic mass is 16.7. The maximum atomic E-state index is 12.1. The minimum absolute atomic E-state index is 0.161. The Morgan fingerprint density at radius 2 is 1.79 bits per heavy atom. The number of carbonyl (C=O) groups is 2. The number of amides is 2. The van der Waals surface area contributed by atoms with E-state index in [1.54, 1.807) is 18.2 Å². The van der Waals surface area contributed by atoms with Gasteiger partial charge < -0.3 is 20.1 Å². The van der Waals surface area contributed by atoms with E-state index in [2.05, 4.69) is 20.5 Å². The third-order valence-corrected chi connectivity index (χ3v) is 5.25. The first-order valence-corrected chi connectivity index (χ1v) is 9.77. The lowest BCUT2D eigenvalue weighted by molar-refractivity contribution is -0.136. The van der Waals surface area contributed by atoms with Crippen LogP contribution in [0, 0.1) is 5.92 Å². The molecule has 0 spiro atoms. The number of pyridine rings is 1. The van der Waals surface area contributed by atoms with Gasteiger partial charge in [0.25, 0.3) is 0 Å². The molecule has 152 valence electrons. The van der Waals surface area contributed by atoms with Crippen LogP contribution in [0.1, 0.15) is 18.4 Å². The molecule has 0 atom stereocenters. The second kappa shape index (κ2) is 8.91. The number of benzene rings is 1. The SMILES string of the molecule is O=C(NCC1CCN(Cc2ccncc2)CC1)C(=O)Nc1ccc2c(c1)OCO2. The maximum absolute atomic E-state index is 12.1. The molecule has 1 aromatic carbocycles. The minimum atomic E-state index is -0.681. The summed E-state index contributed by atoms with van der Waals surface area (Å²) in [6.45, 7) is 3.54. The quantitative estimate of drug-likeness (QED) is 0.749. The Labute approximate surface area is 169 Å². The number of rotatable bonds is 5. The molecule has 2 aromatic rings. The van der Waals surface area contributed by atoms with Gasteiger partial charge in [-0.25, -0.2) is 0 Å². The first-order chi connectivity index (χ1) is 14.2. The molecule has 1 fully saturated rings. The van der Waals surface area contributed by atoms with Gasteiger partial charge in [0.15, 0.2) is 11.5 Å². The molecule has 29 heavy (non-hydrogen) atoms. The Kier molecular flexibility index (Phi) is 5.90. The van der Waals surface area contributed by atoms with E-state index in [4.69, 9.17) is 9.47 Å². The molecule has 2 N–H and O–H groups in total. The number of ether oxygens (including phenoxy) is 2. The van der Waals surface area contributed by atoms with Gasteiger partial charge in [-0.15, -0.1) is 0 Å². The number of hydrogen-bond acceptors (Lipinski definition) is 6. The van der Waals surface area contributed by atoms with Crippen molar-refractivity contribution in [2.45, 2.75) is 19.4 Å². The molecule has 3 heterocycles. The topological polar surface area (TPSA) is 92.8 Å². The lowest BCUT2D eigenvalue weighted by Gasteiger charge is -2.32. The largest absolute Gasteiger partial charge is 0.454 e. The van der Waals surface area contributed by atoms with Crippen molar-refractivity contribution in [3.63, 3.8) is 0 Å². The number of carbonyl (C=O) groups excluding carboxylic acids is 2. The van der Waals surface area contributed by atoms with E-state index in [0.29, 0.717) is 29.6 Å². The Morgan fingerprint density at radius 3 is 2.59 bits per heavy atom. The highest BCUT2D eigenvalue weighted by Gasteiger charge is 2.22. The lowest BCUT2D eigenvalue weighted by atomic mass is 9.96. The van der Waals surface area contributed by atoms with Crippen molar-refractivity contribution in [2.75, 3.05) is 31.7 Å². The van der Waals surface area contributed by atoms with Gasteiger partial charge in [0, 0.05) is 37.2 Å². The summed E-state index contributed by atoms with van der Waals surface area (Å²) < 4.78 is 10.5. The van der Waals surface area contributed by atoms with E-state index in [1.807, 2.05) is 24.5 Å². The molecular weight excluding hydrogens is 372 g/mol. The average Bonchev–Trinajstić information content (AvgIpc) is 3.21. The summed E-state index contributed by atoms with van der Waals surface area (Å²) in [7, 11) is 0. The number of anilines is 1. The van der Waals surface area contributed by atoms with Gasteiger partial charge in [-0.05, 0) is 61.7 Å². The second-order valence-corrected chi connectivity index (χ2v) is 7.31. The van der Waals surface area contributed by atoms with Crippen molar-refractivity contribution in [2.24, 2.45) is 5.92 Å². The molecule has 8 nitrogen and oxygen atoms in total. The Bertz CT molecular complexity index is 866. The van der Waals surface area contributed by atoms with Crippen LogP contribution in [0.4, 0.5) is 5.69 Å². The molecule has 2 aliphatic heterocycles. The Hall–Kier alpha value is -3.13. The molecule has 8 heteroatoms. The summed E-state index contributed by atoms with van der Waals surface area (Å²) in [5.41, 5.74) is 1.76. The van der Waals surface area contributed by atoms with Gasteiger partial charge in [-0.2, -0.15) is 0 Å². The monoisotopic (exact) mass is 396 g/mol. The van der Waals surface area contributed by atoms with Crippen LogP contribution >= 0.6 is 0 Å². The third kappa shape index (κ3) is 5.03. The fraction of sp³-hybridized carbons (Fsp3) is 0.381. The minimum Gasteiger partial charge on any atom is -0.454 e. The summed E-state index contributed by atoms with van der Waals surface area (Å²) in [6.07, 6.45) is 5.61. The number of hydrogen-bond donors (Lipinski definition) is 2. The Balaban J connectivity index is 1.18. The molecule has 0 aliphatic carbocycles. The molecule has 2 amide bonds. The van der Waals surface area contributed by atoms with Crippen molar-refractivity contribution in [3.8, 4) is 11.5 Å². The molecule has 0 radical (unpaired) electrons. The Morgan fingerprint density at radius 1 is 1.03 bits per heavy atom. The number of nitrogens with one attached hydrogen (secondary N) is 2.